The van der Waals surface area contributed by atoms with Crippen LogP contribution in [0.1, 0.15) is 79.1 Å². The minimum absolute atomic E-state index is 0.497. The van der Waals surface area contributed by atoms with Crippen LogP contribution in [0.5, 0.6) is 0 Å². The molecule has 1 heterocycles. The molecule has 2 nitrogen and oxygen atoms in total. The largest absolute Gasteiger partial charge is 0.378 e. The number of ether oxygens (including phenoxy) is 1. The lowest BCUT2D eigenvalue weighted by Crippen LogP contribution is -2.36. The predicted octanol–water partition coefficient (Wildman–Crippen LogP) is 4.78. The van der Waals surface area contributed by atoms with Gasteiger partial charge in [0, 0.05) is 13.2 Å². The van der Waals surface area contributed by atoms with Crippen LogP contribution < -0.4 is 5.32 Å². The lowest BCUT2D eigenvalue weighted by atomic mass is 9.75. The number of rotatable bonds is 11. The summed E-state index contributed by atoms with van der Waals surface area (Å²) < 4.78 is 5.82. The minimum atomic E-state index is 0.497. The van der Waals surface area contributed by atoms with Crippen molar-refractivity contribution in [2.45, 2.75) is 85.2 Å². The topological polar surface area (TPSA) is 21.3 Å². The van der Waals surface area contributed by atoms with Gasteiger partial charge in [-0.15, -0.1) is 0 Å². The van der Waals surface area contributed by atoms with Gasteiger partial charge in [0.1, 0.15) is 0 Å². The fourth-order valence-electron chi connectivity index (χ4n) is 3.30. The van der Waals surface area contributed by atoms with Crippen LogP contribution >= 0.6 is 0 Å². The fourth-order valence-corrected chi connectivity index (χ4v) is 3.30. The summed E-state index contributed by atoms with van der Waals surface area (Å²) in [5, 5.41) is 3.72. The monoisotopic (exact) mass is 283 g/mol. The zero-order valence-corrected chi connectivity index (χ0v) is 14.3. The fraction of sp³-hybridized carbons (Fsp3) is 1.00. The van der Waals surface area contributed by atoms with Crippen molar-refractivity contribution in [2.75, 3.05) is 19.7 Å². The molecule has 1 aliphatic heterocycles. The highest BCUT2D eigenvalue weighted by atomic mass is 16.5. The van der Waals surface area contributed by atoms with Crippen molar-refractivity contribution in [3.8, 4) is 0 Å². The molecule has 1 rings (SSSR count). The quantitative estimate of drug-likeness (QED) is 0.589. The molecular weight excluding hydrogens is 246 g/mol. The smallest absolute Gasteiger partial charge is 0.0576 e. The van der Waals surface area contributed by atoms with Crippen LogP contribution in [0.4, 0.5) is 0 Å². The van der Waals surface area contributed by atoms with Crippen LogP contribution in [0.2, 0.25) is 0 Å². The van der Waals surface area contributed by atoms with Gasteiger partial charge < -0.3 is 10.1 Å². The van der Waals surface area contributed by atoms with Crippen LogP contribution in [0.15, 0.2) is 0 Å². The van der Waals surface area contributed by atoms with Crippen molar-refractivity contribution in [3.05, 3.63) is 0 Å². The third-order valence-corrected chi connectivity index (χ3v) is 4.88. The molecule has 2 unspecified atom stereocenters. The Balaban J connectivity index is 2.45. The zero-order chi connectivity index (χ0) is 14.8. The molecule has 1 N–H and O–H groups in total. The first kappa shape index (κ1) is 18.0. The molecule has 2 heteroatoms. The standard InChI is InChI=1S/C18H37NO/c1-5-7-11-18(6-2,15-19-14-16(3)4)12-10-17-9-8-13-20-17/h16-17,19H,5-15H2,1-4H3. The van der Waals surface area contributed by atoms with Crippen LogP contribution in [-0.4, -0.2) is 25.8 Å². The highest BCUT2D eigenvalue weighted by Gasteiger charge is 2.29. The summed E-state index contributed by atoms with van der Waals surface area (Å²) >= 11 is 0. The Morgan fingerprint density at radius 2 is 2.05 bits per heavy atom. The van der Waals surface area contributed by atoms with Crippen molar-refractivity contribution >= 4 is 0 Å². The van der Waals surface area contributed by atoms with E-state index in [1.54, 1.807) is 0 Å². The maximum atomic E-state index is 5.82. The molecule has 1 fully saturated rings. The molecular formula is C18H37NO. The van der Waals surface area contributed by atoms with Gasteiger partial charge in [0.05, 0.1) is 6.10 Å². The van der Waals surface area contributed by atoms with E-state index in [2.05, 4.69) is 33.0 Å². The Morgan fingerprint density at radius 3 is 2.60 bits per heavy atom. The van der Waals surface area contributed by atoms with Gasteiger partial charge in [0.25, 0.3) is 0 Å². The van der Waals surface area contributed by atoms with E-state index in [1.807, 2.05) is 0 Å². The van der Waals surface area contributed by atoms with Gasteiger partial charge in [-0.25, -0.2) is 0 Å². The summed E-state index contributed by atoms with van der Waals surface area (Å²) in [5.41, 5.74) is 0.497. The Bertz CT molecular complexity index is 236. The Labute approximate surface area is 127 Å². The highest BCUT2D eigenvalue weighted by Crippen LogP contribution is 2.35. The Morgan fingerprint density at radius 1 is 1.25 bits per heavy atom. The number of unbranched alkanes of at least 4 members (excludes halogenated alkanes) is 1. The van der Waals surface area contributed by atoms with E-state index in [1.165, 1.54) is 57.9 Å². The molecule has 120 valence electrons. The second-order valence-corrected chi connectivity index (χ2v) is 7.16. The first-order valence-electron chi connectivity index (χ1n) is 8.94. The van der Waals surface area contributed by atoms with Crippen LogP contribution in [-0.2, 0) is 4.74 Å². The zero-order valence-electron chi connectivity index (χ0n) is 14.3. The maximum Gasteiger partial charge on any atom is 0.0576 e. The van der Waals surface area contributed by atoms with Crippen molar-refractivity contribution in [1.29, 1.82) is 0 Å². The molecule has 0 aromatic rings. The normalized spacial score (nSPS) is 22.4. The molecule has 0 spiro atoms. The molecule has 2 atom stereocenters. The van der Waals surface area contributed by atoms with Gasteiger partial charge in [0.2, 0.25) is 0 Å². The van der Waals surface area contributed by atoms with E-state index in [4.69, 9.17) is 4.74 Å². The summed E-state index contributed by atoms with van der Waals surface area (Å²) in [7, 11) is 0. The molecule has 0 aromatic carbocycles. The van der Waals surface area contributed by atoms with Gasteiger partial charge in [-0.1, -0.05) is 40.5 Å². The third kappa shape index (κ3) is 6.58. The summed E-state index contributed by atoms with van der Waals surface area (Å²) in [5.74, 6) is 0.744. The molecule has 20 heavy (non-hydrogen) atoms. The van der Waals surface area contributed by atoms with Crippen molar-refractivity contribution in [2.24, 2.45) is 11.3 Å². The van der Waals surface area contributed by atoms with Gasteiger partial charge in [-0.3, -0.25) is 0 Å². The van der Waals surface area contributed by atoms with E-state index in [-0.39, 0.29) is 0 Å². The van der Waals surface area contributed by atoms with Gasteiger partial charge in [0.15, 0.2) is 0 Å². The van der Waals surface area contributed by atoms with Crippen LogP contribution in [0, 0.1) is 11.3 Å². The first-order valence-corrected chi connectivity index (χ1v) is 8.94. The lowest BCUT2D eigenvalue weighted by molar-refractivity contribution is 0.0827. The average molecular weight is 284 g/mol. The van der Waals surface area contributed by atoms with Crippen LogP contribution in [0.25, 0.3) is 0 Å². The third-order valence-electron chi connectivity index (χ3n) is 4.88. The van der Waals surface area contributed by atoms with E-state index < -0.39 is 0 Å². The predicted molar refractivity (Wildman–Crippen MR) is 88.2 cm³/mol. The highest BCUT2D eigenvalue weighted by molar-refractivity contribution is 4.82. The molecule has 0 amide bonds. The second kappa shape index (κ2) is 9.78. The summed E-state index contributed by atoms with van der Waals surface area (Å²) in [6.07, 6.45) is 11.0. The Kier molecular flexibility index (Phi) is 8.79. The number of nitrogens with one attached hydrogen (secondary N) is 1. The van der Waals surface area contributed by atoms with E-state index in [9.17, 15) is 0 Å². The maximum absolute atomic E-state index is 5.82. The summed E-state index contributed by atoms with van der Waals surface area (Å²) in [6.45, 7) is 12.6. The molecule has 0 aliphatic carbocycles. The molecule has 0 radical (unpaired) electrons. The van der Waals surface area contributed by atoms with Gasteiger partial charge in [-0.2, -0.15) is 0 Å². The molecule has 1 aliphatic rings. The van der Waals surface area contributed by atoms with Crippen molar-refractivity contribution < 1.29 is 4.74 Å². The van der Waals surface area contributed by atoms with E-state index in [0.29, 0.717) is 11.5 Å². The molecule has 0 saturated carbocycles. The van der Waals surface area contributed by atoms with Gasteiger partial charge >= 0.3 is 0 Å². The number of hydrogen-bond donors (Lipinski definition) is 1. The SMILES string of the molecule is CCCCC(CC)(CCC1CCCO1)CNCC(C)C. The van der Waals surface area contributed by atoms with E-state index >= 15 is 0 Å². The van der Waals surface area contributed by atoms with E-state index in [0.717, 1.165) is 19.1 Å². The molecule has 0 aromatic heterocycles. The number of hydrogen-bond acceptors (Lipinski definition) is 2. The van der Waals surface area contributed by atoms with Crippen molar-refractivity contribution in [3.63, 3.8) is 0 Å². The second-order valence-electron chi connectivity index (χ2n) is 7.16. The minimum Gasteiger partial charge on any atom is -0.378 e. The average Bonchev–Trinajstić information content (AvgIpc) is 2.94. The van der Waals surface area contributed by atoms with Crippen molar-refractivity contribution in [1.82, 2.24) is 5.32 Å². The first-order chi connectivity index (χ1) is 9.62. The van der Waals surface area contributed by atoms with Gasteiger partial charge in [-0.05, 0) is 56.4 Å². The summed E-state index contributed by atoms with van der Waals surface area (Å²) in [4.78, 5) is 0. The summed E-state index contributed by atoms with van der Waals surface area (Å²) in [6, 6.07) is 0. The van der Waals surface area contributed by atoms with Crippen LogP contribution in [0.3, 0.4) is 0 Å². The molecule has 0 bridgehead atoms. The Hall–Kier alpha value is -0.0800. The molecule has 1 saturated heterocycles. The lowest BCUT2D eigenvalue weighted by Gasteiger charge is -2.34.